The number of benzene rings is 2. The highest BCUT2D eigenvalue weighted by Gasteiger charge is 2.15. The maximum absolute atomic E-state index is 11.9. The Labute approximate surface area is 186 Å². The Hall–Kier alpha value is -2.98. The third kappa shape index (κ3) is 11.1. The fourth-order valence-electron chi connectivity index (χ4n) is 2.79. The van der Waals surface area contributed by atoms with Crippen molar-refractivity contribution in [1.82, 2.24) is 0 Å². The zero-order valence-electron chi connectivity index (χ0n) is 18.9. The van der Waals surface area contributed by atoms with Crippen LogP contribution >= 0.6 is 0 Å². The first-order valence-electron chi connectivity index (χ1n) is 10.6. The van der Waals surface area contributed by atoms with Crippen molar-refractivity contribution < 1.29 is 19.1 Å². The van der Waals surface area contributed by atoms with Crippen molar-refractivity contribution in [3.8, 4) is 5.75 Å². The number of ether oxygens (including phenoxy) is 2. The minimum Gasteiger partial charge on any atom is -0.423 e. The highest BCUT2D eigenvalue weighted by molar-refractivity contribution is 5.91. The number of carbonyl (C=O) groups excluding carboxylic acids is 2. The summed E-state index contributed by atoms with van der Waals surface area (Å²) in [5, 5.41) is 0. The molecule has 1 aliphatic rings. The average Bonchev–Trinajstić information content (AvgIpc) is 2.74. The lowest BCUT2D eigenvalue weighted by molar-refractivity contribution is -0.104. The molecule has 0 unspecified atom stereocenters. The lowest BCUT2D eigenvalue weighted by Gasteiger charge is -2.24. The normalized spacial score (nSPS) is 12.5. The van der Waals surface area contributed by atoms with Crippen LogP contribution in [0.3, 0.4) is 0 Å². The van der Waals surface area contributed by atoms with Crippen molar-refractivity contribution in [1.29, 1.82) is 0 Å². The van der Waals surface area contributed by atoms with Gasteiger partial charge in [-0.3, -0.25) is 4.79 Å². The number of hydrogen-bond acceptors (Lipinski definition) is 4. The summed E-state index contributed by atoms with van der Waals surface area (Å²) < 4.78 is 9.52. The maximum Gasteiger partial charge on any atom is 0.343 e. The van der Waals surface area contributed by atoms with Crippen LogP contribution in [0, 0.1) is 12.8 Å². The predicted octanol–water partition coefficient (Wildman–Crippen LogP) is 6.44. The van der Waals surface area contributed by atoms with Crippen molar-refractivity contribution in [2.45, 2.75) is 39.0 Å². The van der Waals surface area contributed by atoms with Crippen molar-refractivity contribution in [2.24, 2.45) is 5.92 Å². The smallest absolute Gasteiger partial charge is 0.343 e. The van der Waals surface area contributed by atoms with E-state index in [1.807, 2.05) is 25.1 Å². The summed E-state index contributed by atoms with van der Waals surface area (Å²) in [6.07, 6.45) is 12.9. The topological polar surface area (TPSA) is 52.6 Å². The summed E-state index contributed by atoms with van der Waals surface area (Å²) in [6, 6.07) is 14.1. The van der Waals surface area contributed by atoms with Gasteiger partial charge in [0.05, 0.1) is 5.56 Å². The van der Waals surface area contributed by atoms with Crippen molar-refractivity contribution in [3.05, 3.63) is 84.0 Å². The third-order valence-electron chi connectivity index (χ3n) is 4.75. The van der Waals surface area contributed by atoms with E-state index in [2.05, 4.69) is 11.3 Å². The molecule has 2 aromatic rings. The van der Waals surface area contributed by atoms with Gasteiger partial charge in [0.2, 0.25) is 0 Å². The largest absolute Gasteiger partial charge is 0.423 e. The minimum atomic E-state index is -0.388. The zero-order chi connectivity index (χ0) is 22.9. The highest BCUT2D eigenvalue weighted by atomic mass is 16.5. The molecular weight excluding hydrogens is 388 g/mol. The number of allylic oxidation sites excluding steroid dienone is 2. The summed E-state index contributed by atoms with van der Waals surface area (Å²) in [5.74, 6) is 1.15. The third-order valence-corrected chi connectivity index (χ3v) is 4.75. The quantitative estimate of drug-likeness (QED) is 0.169. The van der Waals surface area contributed by atoms with E-state index in [-0.39, 0.29) is 5.97 Å². The highest BCUT2D eigenvalue weighted by Crippen LogP contribution is 2.30. The second-order valence-corrected chi connectivity index (χ2v) is 7.39. The number of rotatable bonds is 7. The SMILES string of the molecule is C=CCCC1CCC1.COC.Cc1ccc(C(=O)Oc2ccc(/C=C/C=O)cc2)cc1. The molecular formula is C27H34O4. The molecule has 2 aromatic carbocycles. The van der Waals surface area contributed by atoms with Gasteiger partial charge in [-0.1, -0.05) is 61.2 Å². The summed E-state index contributed by atoms with van der Waals surface area (Å²) >= 11 is 0. The average molecular weight is 423 g/mol. The van der Waals surface area contributed by atoms with Crippen LogP contribution in [-0.2, 0) is 9.53 Å². The van der Waals surface area contributed by atoms with Crippen LogP contribution in [0.15, 0.2) is 67.3 Å². The summed E-state index contributed by atoms with van der Waals surface area (Å²) in [6.45, 7) is 5.65. The van der Waals surface area contributed by atoms with E-state index >= 15 is 0 Å². The molecule has 1 fully saturated rings. The van der Waals surface area contributed by atoms with Crippen LogP contribution in [0.5, 0.6) is 5.75 Å². The molecule has 4 nitrogen and oxygen atoms in total. The first kappa shape index (κ1) is 26.1. The molecule has 0 aromatic heterocycles. The van der Waals surface area contributed by atoms with Crippen LogP contribution in [0.2, 0.25) is 0 Å². The van der Waals surface area contributed by atoms with E-state index in [0.717, 1.165) is 17.0 Å². The molecule has 0 spiro atoms. The first-order chi connectivity index (χ1) is 15.0. The molecule has 1 saturated carbocycles. The minimum absolute atomic E-state index is 0.388. The first-order valence-corrected chi connectivity index (χ1v) is 10.6. The number of methoxy groups -OCH3 is 1. The Bertz CT molecular complexity index is 800. The fraction of sp³-hybridized carbons (Fsp3) is 0.333. The Morgan fingerprint density at radius 3 is 2.16 bits per heavy atom. The van der Waals surface area contributed by atoms with Gasteiger partial charge in [0.15, 0.2) is 0 Å². The number of aldehydes is 1. The monoisotopic (exact) mass is 422 g/mol. The van der Waals surface area contributed by atoms with E-state index in [0.29, 0.717) is 17.6 Å². The van der Waals surface area contributed by atoms with Crippen molar-refractivity contribution >= 4 is 18.3 Å². The molecule has 31 heavy (non-hydrogen) atoms. The molecule has 0 heterocycles. The molecule has 1 aliphatic carbocycles. The van der Waals surface area contributed by atoms with E-state index < -0.39 is 0 Å². The van der Waals surface area contributed by atoms with E-state index in [1.54, 1.807) is 56.7 Å². The summed E-state index contributed by atoms with van der Waals surface area (Å²) in [4.78, 5) is 22.1. The van der Waals surface area contributed by atoms with Gasteiger partial charge >= 0.3 is 5.97 Å². The standard InChI is InChI=1S/C17H14O3.C8H14.C2H6O/c1-13-4-8-15(9-5-13)17(19)20-16-10-6-14(7-11-16)3-2-12-18;1-2-3-5-8-6-4-7-8;1-3-2/h2-12H,1H3;2,8H,1,3-7H2;1-2H3/b3-2+;;. The summed E-state index contributed by atoms with van der Waals surface area (Å²) in [5.41, 5.74) is 2.47. The van der Waals surface area contributed by atoms with E-state index in [4.69, 9.17) is 4.74 Å². The second kappa shape index (κ2) is 15.8. The van der Waals surface area contributed by atoms with Crippen LogP contribution in [0.1, 0.15) is 53.6 Å². The predicted molar refractivity (Wildman–Crippen MR) is 127 cm³/mol. The molecule has 3 rings (SSSR count). The number of aryl methyl sites for hydroxylation is 1. The Morgan fingerprint density at radius 2 is 1.68 bits per heavy atom. The van der Waals surface area contributed by atoms with Gasteiger partial charge in [-0.05, 0) is 61.6 Å². The molecule has 0 aliphatic heterocycles. The van der Waals surface area contributed by atoms with Crippen LogP contribution < -0.4 is 4.74 Å². The Kier molecular flexibility index (Phi) is 13.3. The van der Waals surface area contributed by atoms with Crippen molar-refractivity contribution in [2.75, 3.05) is 14.2 Å². The van der Waals surface area contributed by atoms with Gasteiger partial charge in [0.25, 0.3) is 0 Å². The van der Waals surface area contributed by atoms with Gasteiger partial charge in [-0.2, -0.15) is 0 Å². The molecule has 0 saturated heterocycles. The lowest BCUT2D eigenvalue weighted by Crippen LogP contribution is -2.09. The molecule has 166 valence electrons. The van der Waals surface area contributed by atoms with Gasteiger partial charge in [-0.15, -0.1) is 6.58 Å². The molecule has 4 heteroatoms. The molecule has 0 N–H and O–H groups in total. The molecule has 0 radical (unpaired) electrons. The van der Waals surface area contributed by atoms with Crippen LogP contribution in [0.4, 0.5) is 0 Å². The fourth-order valence-corrected chi connectivity index (χ4v) is 2.79. The number of hydrogen-bond donors (Lipinski definition) is 0. The van der Waals surface area contributed by atoms with Crippen molar-refractivity contribution in [3.63, 3.8) is 0 Å². The van der Waals surface area contributed by atoms with Crippen LogP contribution in [0.25, 0.3) is 6.08 Å². The van der Waals surface area contributed by atoms with Gasteiger partial charge in [0, 0.05) is 14.2 Å². The molecule has 0 bridgehead atoms. The van der Waals surface area contributed by atoms with E-state index in [1.165, 1.54) is 38.2 Å². The van der Waals surface area contributed by atoms with Gasteiger partial charge in [-0.25, -0.2) is 4.79 Å². The second-order valence-electron chi connectivity index (χ2n) is 7.39. The van der Waals surface area contributed by atoms with E-state index in [9.17, 15) is 9.59 Å². The number of esters is 1. The Morgan fingerprint density at radius 1 is 1.06 bits per heavy atom. The molecule has 0 amide bonds. The summed E-state index contributed by atoms with van der Waals surface area (Å²) in [7, 11) is 3.25. The zero-order valence-corrected chi connectivity index (χ0v) is 18.9. The van der Waals surface area contributed by atoms with Gasteiger partial charge in [0.1, 0.15) is 12.0 Å². The van der Waals surface area contributed by atoms with Gasteiger partial charge < -0.3 is 9.47 Å². The van der Waals surface area contributed by atoms with Crippen LogP contribution in [-0.4, -0.2) is 26.5 Å². The Balaban J connectivity index is 0.000000361. The number of carbonyl (C=O) groups is 2. The lowest BCUT2D eigenvalue weighted by atomic mass is 9.82. The maximum atomic E-state index is 11.9. The molecule has 0 atom stereocenters.